The van der Waals surface area contributed by atoms with Gasteiger partial charge in [0.1, 0.15) is 5.82 Å². The Morgan fingerprint density at radius 1 is 1.31 bits per heavy atom. The molecule has 3 rings (SSSR count). The number of imidazole rings is 1. The normalized spacial score (nSPS) is 15.6. The van der Waals surface area contributed by atoms with Gasteiger partial charge in [0.05, 0.1) is 24.5 Å². The molecule has 1 saturated heterocycles. The van der Waals surface area contributed by atoms with E-state index in [1.54, 1.807) is 0 Å². The summed E-state index contributed by atoms with van der Waals surface area (Å²) in [6.45, 7) is 5.42. The molecule has 0 spiro atoms. The van der Waals surface area contributed by atoms with E-state index in [2.05, 4.69) is 44.2 Å². The Morgan fingerprint density at radius 2 is 2.04 bits per heavy atom. The summed E-state index contributed by atoms with van der Waals surface area (Å²) in [5.41, 5.74) is 2.17. The van der Waals surface area contributed by atoms with E-state index in [4.69, 9.17) is 4.74 Å². The highest BCUT2D eigenvalue weighted by molar-refractivity contribution is 14.0. The second-order valence-electron chi connectivity index (χ2n) is 6.15. The highest BCUT2D eigenvalue weighted by Gasteiger charge is 2.21. The number of halogens is 1. The first kappa shape index (κ1) is 20.7. The number of aromatic amines is 1. The van der Waals surface area contributed by atoms with Crippen molar-refractivity contribution >= 4 is 29.9 Å². The number of aliphatic imine (C=N–C) groups is 1. The highest BCUT2D eigenvalue weighted by atomic mass is 127. The smallest absolute Gasteiger partial charge is 0.194 e. The number of aromatic nitrogens is 2. The van der Waals surface area contributed by atoms with Gasteiger partial charge >= 0.3 is 0 Å². The van der Waals surface area contributed by atoms with Gasteiger partial charge in [0, 0.05) is 26.7 Å². The van der Waals surface area contributed by atoms with Gasteiger partial charge < -0.3 is 19.9 Å². The second kappa shape index (κ2) is 10.5. The molecule has 0 unspecified atom stereocenters. The second-order valence-corrected chi connectivity index (χ2v) is 6.15. The van der Waals surface area contributed by atoms with E-state index in [-0.39, 0.29) is 24.0 Å². The first-order valence-electron chi connectivity index (χ1n) is 8.96. The summed E-state index contributed by atoms with van der Waals surface area (Å²) in [4.78, 5) is 14.5. The van der Waals surface area contributed by atoms with Crippen molar-refractivity contribution in [2.24, 2.45) is 4.99 Å². The lowest BCUT2D eigenvalue weighted by molar-refractivity contribution is 0.0263. The van der Waals surface area contributed by atoms with Crippen molar-refractivity contribution in [2.45, 2.75) is 32.4 Å². The summed E-state index contributed by atoms with van der Waals surface area (Å²) in [7, 11) is 1.83. The van der Waals surface area contributed by atoms with Crippen LogP contribution >= 0.6 is 24.0 Å². The van der Waals surface area contributed by atoms with E-state index in [1.807, 2.05) is 31.4 Å². The van der Waals surface area contributed by atoms with Crippen LogP contribution in [0.15, 0.2) is 41.5 Å². The third-order valence-corrected chi connectivity index (χ3v) is 4.48. The van der Waals surface area contributed by atoms with E-state index in [0.29, 0.717) is 12.6 Å². The predicted octanol–water partition coefficient (Wildman–Crippen LogP) is 3.27. The third kappa shape index (κ3) is 5.44. The van der Waals surface area contributed by atoms with Crippen LogP contribution in [0.4, 0.5) is 0 Å². The topological polar surface area (TPSA) is 65.5 Å². The largest absolute Gasteiger partial charge is 0.378 e. The monoisotopic (exact) mass is 469 g/mol. The number of likely N-dealkylation sites (tertiary alicyclic amines) is 1. The van der Waals surface area contributed by atoms with Gasteiger partial charge in [0.15, 0.2) is 5.96 Å². The molecule has 0 amide bonds. The fourth-order valence-electron chi connectivity index (χ4n) is 3.18. The van der Waals surface area contributed by atoms with Gasteiger partial charge in [0.25, 0.3) is 0 Å². The zero-order valence-corrected chi connectivity index (χ0v) is 17.8. The van der Waals surface area contributed by atoms with Gasteiger partial charge in [-0.15, -0.1) is 24.0 Å². The number of piperidine rings is 1. The van der Waals surface area contributed by atoms with Crippen molar-refractivity contribution in [3.63, 3.8) is 0 Å². The predicted molar refractivity (Wildman–Crippen MR) is 116 cm³/mol. The lowest BCUT2D eigenvalue weighted by Crippen LogP contribution is -2.46. The lowest BCUT2D eigenvalue weighted by Gasteiger charge is -2.33. The molecule has 1 aliphatic heterocycles. The average molecular weight is 469 g/mol. The molecule has 0 saturated carbocycles. The van der Waals surface area contributed by atoms with Crippen molar-refractivity contribution in [2.75, 3.05) is 26.7 Å². The molecular weight excluding hydrogens is 441 g/mol. The van der Waals surface area contributed by atoms with Crippen LogP contribution in [0.3, 0.4) is 0 Å². The van der Waals surface area contributed by atoms with Crippen LogP contribution in [0.25, 0.3) is 11.3 Å². The summed E-state index contributed by atoms with van der Waals surface area (Å²) in [5.74, 6) is 1.83. The van der Waals surface area contributed by atoms with Gasteiger partial charge in [-0.05, 0) is 25.3 Å². The van der Waals surface area contributed by atoms with Crippen LogP contribution in [0.1, 0.15) is 25.6 Å². The Morgan fingerprint density at radius 3 is 2.69 bits per heavy atom. The molecule has 26 heavy (non-hydrogen) atoms. The molecule has 0 aliphatic carbocycles. The maximum Gasteiger partial charge on any atom is 0.194 e. The first-order valence-corrected chi connectivity index (χ1v) is 8.96. The maximum absolute atomic E-state index is 5.72. The number of ether oxygens (including phenoxy) is 1. The van der Waals surface area contributed by atoms with E-state index < -0.39 is 0 Å². The van der Waals surface area contributed by atoms with E-state index in [1.165, 1.54) is 0 Å². The summed E-state index contributed by atoms with van der Waals surface area (Å²) in [6.07, 6.45) is 4.36. The van der Waals surface area contributed by atoms with Crippen LogP contribution in [-0.4, -0.2) is 53.7 Å². The molecule has 1 aromatic carbocycles. The van der Waals surface area contributed by atoms with Crippen LogP contribution < -0.4 is 5.32 Å². The standard InChI is InChI=1S/C19H27N5O.HI/c1-3-25-16-9-11-24(12-10-16)19(20-2)22-14-18-21-13-17(23-18)15-7-5-4-6-8-15;/h4-8,13,16H,3,9-12,14H2,1-2H3,(H,20,22)(H,21,23);1H. The Labute approximate surface area is 172 Å². The van der Waals surface area contributed by atoms with Crippen LogP contribution in [-0.2, 0) is 11.3 Å². The van der Waals surface area contributed by atoms with Crippen LogP contribution in [0, 0.1) is 0 Å². The van der Waals surface area contributed by atoms with Gasteiger partial charge in [-0.25, -0.2) is 4.98 Å². The van der Waals surface area contributed by atoms with Crippen molar-refractivity contribution < 1.29 is 4.74 Å². The minimum atomic E-state index is 0. The molecule has 1 fully saturated rings. The minimum absolute atomic E-state index is 0. The van der Waals surface area contributed by atoms with Crippen molar-refractivity contribution in [3.05, 3.63) is 42.4 Å². The summed E-state index contributed by atoms with van der Waals surface area (Å²) < 4.78 is 5.72. The molecule has 2 heterocycles. The number of H-pyrrole nitrogens is 1. The Balaban J connectivity index is 0.00000243. The minimum Gasteiger partial charge on any atom is -0.378 e. The highest BCUT2D eigenvalue weighted by Crippen LogP contribution is 2.16. The Hall–Kier alpha value is -1.61. The number of benzene rings is 1. The molecule has 0 bridgehead atoms. The zero-order valence-electron chi connectivity index (χ0n) is 15.4. The number of guanidine groups is 1. The summed E-state index contributed by atoms with van der Waals surface area (Å²) in [5, 5.41) is 3.41. The van der Waals surface area contributed by atoms with E-state index in [9.17, 15) is 0 Å². The first-order chi connectivity index (χ1) is 12.3. The van der Waals surface area contributed by atoms with E-state index in [0.717, 1.165) is 55.6 Å². The van der Waals surface area contributed by atoms with Gasteiger partial charge in [-0.2, -0.15) is 0 Å². The Bertz CT molecular complexity index is 680. The number of hydrogen-bond acceptors (Lipinski definition) is 3. The quantitative estimate of drug-likeness (QED) is 0.401. The molecule has 0 atom stereocenters. The SMILES string of the molecule is CCOC1CCN(C(=NC)NCc2ncc(-c3ccccc3)[nH]2)CC1.I. The molecule has 142 valence electrons. The Kier molecular flexibility index (Phi) is 8.37. The lowest BCUT2D eigenvalue weighted by atomic mass is 10.1. The molecule has 2 N–H and O–H groups in total. The summed E-state index contributed by atoms with van der Waals surface area (Å²) >= 11 is 0. The maximum atomic E-state index is 5.72. The molecule has 6 nitrogen and oxygen atoms in total. The van der Waals surface area contributed by atoms with E-state index >= 15 is 0 Å². The van der Waals surface area contributed by atoms with Gasteiger partial charge in [0.2, 0.25) is 0 Å². The zero-order chi connectivity index (χ0) is 17.5. The molecule has 2 aromatic rings. The van der Waals surface area contributed by atoms with Crippen molar-refractivity contribution in [1.82, 2.24) is 20.2 Å². The fraction of sp³-hybridized carbons (Fsp3) is 0.474. The number of nitrogens with one attached hydrogen (secondary N) is 2. The molecule has 1 aliphatic rings. The number of rotatable bonds is 5. The molecule has 0 radical (unpaired) electrons. The average Bonchev–Trinajstić information content (AvgIpc) is 3.13. The number of hydrogen-bond donors (Lipinski definition) is 2. The number of nitrogens with zero attached hydrogens (tertiary/aromatic N) is 3. The molecule has 7 heteroatoms. The fourth-order valence-corrected chi connectivity index (χ4v) is 3.18. The van der Waals surface area contributed by atoms with Crippen LogP contribution in [0.2, 0.25) is 0 Å². The third-order valence-electron chi connectivity index (χ3n) is 4.48. The van der Waals surface area contributed by atoms with Gasteiger partial charge in [-0.3, -0.25) is 4.99 Å². The van der Waals surface area contributed by atoms with Gasteiger partial charge in [-0.1, -0.05) is 30.3 Å². The molecule has 1 aromatic heterocycles. The summed E-state index contributed by atoms with van der Waals surface area (Å²) in [6, 6.07) is 10.2. The van der Waals surface area contributed by atoms with Crippen LogP contribution in [0.5, 0.6) is 0 Å². The van der Waals surface area contributed by atoms with Crippen molar-refractivity contribution in [1.29, 1.82) is 0 Å². The van der Waals surface area contributed by atoms with Crippen molar-refractivity contribution in [3.8, 4) is 11.3 Å². The molecular formula is C19H28IN5O.